The monoisotopic (exact) mass is 550 g/mol. The number of rotatable bonds is 17. The molecule has 0 spiro atoms. The van der Waals surface area contributed by atoms with E-state index in [0.717, 1.165) is 44.9 Å². The highest BCUT2D eigenvalue weighted by molar-refractivity contribution is 5.95. The number of nitrogens with zero attached hydrogens (tertiary/aromatic N) is 3. The van der Waals surface area contributed by atoms with Gasteiger partial charge in [-0.05, 0) is 32.1 Å². The molecule has 0 saturated carbocycles. The van der Waals surface area contributed by atoms with Gasteiger partial charge in [0.1, 0.15) is 12.1 Å². The molecule has 2 aliphatic heterocycles. The molecule has 0 radical (unpaired) electrons. The van der Waals surface area contributed by atoms with E-state index in [0.29, 0.717) is 39.0 Å². The normalized spacial score (nSPS) is 23.6. The van der Waals surface area contributed by atoms with E-state index in [2.05, 4.69) is 41.7 Å². The molecule has 7 N–H and O–H groups in total. The first-order valence-electron chi connectivity index (χ1n) is 14.7. The number of ketones is 1. The topological polar surface area (TPSA) is 175 Å². The lowest BCUT2D eigenvalue weighted by Crippen LogP contribution is -2.67. The van der Waals surface area contributed by atoms with Crippen LogP contribution in [0.5, 0.6) is 0 Å². The minimum absolute atomic E-state index is 0.0159. The molecule has 0 aromatic heterocycles. The predicted octanol–water partition coefficient (Wildman–Crippen LogP) is -0.146. The zero-order valence-corrected chi connectivity index (χ0v) is 24.0. The third-order valence-electron chi connectivity index (χ3n) is 7.38. The van der Waals surface area contributed by atoms with Gasteiger partial charge in [-0.3, -0.25) is 29.1 Å². The summed E-state index contributed by atoms with van der Waals surface area (Å²) >= 11 is 0. The first-order chi connectivity index (χ1) is 18.7. The van der Waals surface area contributed by atoms with Gasteiger partial charge < -0.3 is 32.3 Å². The molecule has 39 heavy (non-hydrogen) atoms. The van der Waals surface area contributed by atoms with Crippen molar-refractivity contribution in [1.82, 2.24) is 25.8 Å². The van der Waals surface area contributed by atoms with Crippen LogP contribution in [-0.2, 0) is 19.2 Å². The van der Waals surface area contributed by atoms with Crippen molar-refractivity contribution in [3.63, 3.8) is 0 Å². The highest BCUT2D eigenvalue weighted by atomic mass is 16.2. The molecule has 2 fully saturated rings. The highest BCUT2D eigenvalue weighted by Crippen LogP contribution is 2.17. The maximum atomic E-state index is 13.5. The number of hydrogen-bond acceptors (Lipinski definition) is 7. The van der Waals surface area contributed by atoms with Gasteiger partial charge in [0, 0.05) is 32.7 Å². The van der Waals surface area contributed by atoms with Crippen molar-refractivity contribution in [3.05, 3.63) is 0 Å². The zero-order chi connectivity index (χ0) is 28.8. The Morgan fingerprint density at radius 2 is 1.56 bits per heavy atom. The summed E-state index contributed by atoms with van der Waals surface area (Å²) in [7, 11) is 0. The van der Waals surface area contributed by atoms with E-state index in [1.54, 1.807) is 4.90 Å². The largest absolute Gasteiger partial charge is 0.370 e. The smallest absolute Gasteiger partial charge is 0.246 e. The van der Waals surface area contributed by atoms with Gasteiger partial charge in [-0.1, -0.05) is 46.5 Å². The molecular formula is C27H50N8O4. The Hall–Kier alpha value is -2.73. The molecule has 12 nitrogen and oxygen atoms in total. The molecular weight excluding hydrogens is 500 g/mol. The number of unbranched alkanes of at least 4 members (excludes halogenated alkanes) is 3. The third-order valence-corrected chi connectivity index (χ3v) is 7.38. The molecule has 222 valence electrons. The van der Waals surface area contributed by atoms with Crippen molar-refractivity contribution in [1.29, 1.82) is 0 Å². The van der Waals surface area contributed by atoms with Crippen molar-refractivity contribution in [2.24, 2.45) is 16.5 Å². The summed E-state index contributed by atoms with van der Waals surface area (Å²) in [6.07, 6.45) is 7.32. The average molecular weight is 551 g/mol. The van der Waals surface area contributed by atoms with Gasteiger partial charge in [0.05, 0.1) is 18.6 Å². The Labute approximate surface area is 233 Å². The quantitative estimate of drug-likeness (QED) is 0.0944. The zero-order valence-electron chi connectivity index (χ0n) is 24.0. The van der Waals surface area contributed by atoms with Crippen LogP contribution < -0.4 is 27.4 Å². The van der Waals surface area contributed by atoms with Crippen molar-refractivity contribution in [3.8, 4) is 0 Å². The van der Waals surface area contributed by atoms with Crippen molar-refractivity contribution in [2.75, 3.05) is 39.3 Å². The minimum atomic E-state index is -0.731. The molecule has 0 aliphatic carbocycles. The Balaban J connectivity index is 2.13. The number of nitrogens with one attached hydrogen (secondary N) is 3. The number of nitrogens with two attached hydrogens (primary N) is 2. The number of hydrogen-bond donors (Lipinski definition) is 5. The Morgan fingerprint density at radius 1 is 0.923 bits per heavy atom. The second kappa shape index (κ2) is 17.1. The molecule has 12 heteroatoms. The van der Waals surface area contributed by atoms with E-state index in [4.69, 9.17) is 11.5 Å². The summed E-state index contributed by atoms with van der Waals surface area (Å²) in [6.45, 7) is 8.40. The molecule has 0 bridgehead atoms. The van der Waals surface area contributed by atoms with Crippen molar-refractivity contribution >= 4 is 29.5 Å². The number of Topliss-reactive ketones (excluding diaryl/α,β-unsaturated/α-hetero) is 1. The molecule has 0 aromatic carbocycles. The summed E-state index contributed by atoms with van der Waals surface area (Å²) in [6, 6.07) is -2.30. The van der Waals surface area contributed by atoms with Crippen LogP contribution in [0, 0.1) is 0 Å². The van der Waals surface area contributed by atoms with Crippen LogP contribution in [0.25, 0.3) is 0 Å². The van der Waals surface area contributed by atoms with Gasteiger partial charge >= 0.3 is 0 Å². The van der Waals surface area contributed by atoms with E-state index >= 15 is 0 Å². The van der Waals surface area contributed by atoms with E-state index in [1.165, 1.54) is 0 Å². The lowest BCUT2D eigenvalue weighted by Gasteiger charge is -2.41. The highest BCUT2D eigenvalue weighted by Gasteiger charge is 2.40. The van der Waals surface area contributed by atoms with Crippen molar-refractivity contribution < 1.29 is 19.2 Å². The first kappa shape index (κ1) is 32.5. The van der Waals surface area contributed by atoms with Crippen LogP contribution in [0.15, 0.2) is 4.99 Å². The minimum Gasteiger partial charge on any atom is -0.370 e. The predicted molar refractivity (Wildman–Crippen MR) is 152 cm³/mol. The maximum absolute atomic E-state index is 13.5. The summed E-state index contributed by atoms with van der Waals surface area (Å²) in [5.41, 5.74) is 10.8. The Kier molecular flexibility index (Phi) is 14.2. The summed E-state index contributed by atoms with van der Waals surface area (Å²) in [4.78, 5) is 60.2. The van der Waals surface area contributed by atoms with Gasteiger partial charge in [0.2, 0.25) is 17.7 Å². The molecule has 2 rings (SSSR count). The van der Waals surface area contributed by atoms with E-state index in [-0.39, 0.29) is 48.6 Å². The van der Waals surface area contributed by atoms with E-state index < -0.39 is 18.1 Å². The Bertz CT molecular complexity index is 840. The Morgan fingerprint density at radius 3 is 2.15 bits per heavy atom. The van der Waals surface area contributed by atoms with E-state index in [9.17, 15) is 19.2 Å². The molecule has 0 aromatic rings. The standard InChI is InChI=1S/C27H50N8O4/c1-4-7-11-19-24(37)32-20(16-31-19)23(36)18-35-17-21(26(39)34(14-8-5-2)15-9-6-3)33-25(38)22(35)12-10-13-30-27(28)29/h19-22,31H,4-18H2,1-3H3,(H,32,37)(H,33,38)(H4,28,29,30)/t19-,20+,21+,22-/m0/s1. The van der Waals surface area contributed by atoms with Gasteiger partial charge in [-0.2, -0.15) is 0 Å². The second-order valence-electron chi connectivity index (χ2n) is 10.6. The number of carbonyl (C=O) groups excluding carboxylic acids is 4. The molecule has 2 saturated heterocycles. The third kappa shape index (κ3) is 10.4. The summed E-state index contributed by atoms with van der Waals surface area (Å²) < 4.78 is 0. The van der Waals surface area contributed by atoms with Gasteiger partial charge in [-0.15, -0.1) is 0 Å². The van der Waals surface area contributed by atoms with Crippen LogP contribution in [0.1, 0.15) is 78.6 Å². The maximum Gasteiger partial charge on any atom is 0.246 e. The van der Waals surface area contributed by atoms with E-state index in [1.807, 2.05) is 4.90 Å². The van der Waals surface area contributed by atoms with Gasteiger partial charge in [0.15, 0.2) is 11.7 Å². The van der Waals surface area contributed by atoms with Gasteiger partial charge in [0.25, 0.3) is 0 Å². The average Bonchev–Trinajstić information content (AvgIpc) is 2.90. The SMILES string of the molecule is CCCC[C@@H]1NC[C@H](C(=O)CN2C[C@H](C(=O)N(CCCC)CCCC)NC(=O)[C@@H]2CCCN=C(N)N)NC1=O. The van der Waals surface area contributed by atoms with Crippen LogP contribution in [0.2, 0.25) is 0 Å². The second-order valence-corrected chi connectivity index (χ2v) is 10.6. The molecule has 4 atom stereocenters. The molecule has 2 aliphatic rings. The first-order valence-corrected chi connectivity index (χ1v) is 14.7. The summed E-state index contributed by atoms with van der Waals surface area (Å²) in [5, 5.41) is 8.96. The fourth-order valence-corrected chi connectivity index (χ4v) is 5.03. The molecule has 2 heterocycles. The fraction of sp³-hybridized carbons (Fsp3) is 0.815. The number of carbonyl (C=O) groups is 4. The molecule has 3 amide bonds. The lowest BCUT2D eigenvalue weighted by molar-refractivity contribution is -0.144. The van der Waals surface area contributed by atoms with Crippen LogP contribution in [0.3, 0.4) is 0 Å². The van der Waals surface area contributed by atoms with Crippen LogP contribution >= 0.6 is 0 Å². The van der Waals surface area contributed by atoms with Gasteiger partial charge in [-0.25, -0.2) is 0 Å². The number of amides is 3. The van der Waals surface area contributed by atoms with Crippen LogP contribution in [-0.4, -0.2) is 103 Å². The fourth-order valence-electron chi connectivity index (χ4n) is 5.03. The van der Waals surface area contributed by atoms with Crippen molar-refractivity contribution in [2.45, 2.75) is 103 Å². The summed E-state index contributed by atoms with van der Waals surface area (Å²) in [5.74, 6) is -0.776. The molecule has 0 unspecified atom stereocenters. The number of guanidine groups is 1. The lowest BCUT2D eigenvalue weighted by atomic mass is 9.99. The number of aliphatic imine (C=N–C) groups is 1. The number of piperazine rings is 2. The van der Waals surface area contributed by atoms with Crippen LogP contribution in [0.4, 0.5) is 0 Å².